The molecule has 2 amide bonds. The highest BCUT2D eigenvalue weighted by molar-refractivity contribution is 6.04. The number of anilines is 1. The van der Waals surface area contributed by atoms with E-state index in [2.05, 4.69) is 15.4 Å². The van der Waals surface area contributed by atoms with E-state index >= 15 is 0 Å². The lowest BCUT2D eigenvalue weighted by atomic mass is 10.1. The molecule has 0 spiro atoms. The summed E-state index contributed by atoms with van der Waals surface area (Å²) >= 11 is 0. The zero-order valence-corrected chi connectivity index (χ0v) is 15.4. The number of esters is 1. The summed E-state index contributed by atoms with van der Waals surface area (Å²) in [5.41, 5.74) is 1.73. The number of carbonyl (C=O) groups excluding carboxylic acids is 3. The van der Waals surface area contributed by atoms with E-state index in [0.29, 0.717) is 29.8 Å². The van der Waals surface area contributed by atoms with E-state index in [1.165, 1.54) is 7.11 Å². The number of unbranched alkanes of at least 4 members (excludes halogenated alkanes) is 2. The van der Waals surface area contributed by atoms with Gasteiger partial charge < -0.3 is 15.4 Å². The van der Waals surface area contributed by atoms with Gasteiger partial charge in [-0.15, -0.1) is 0 Å². The van der Waals surface area contributed by atoms with Gasteiger partial charge in [-0.3, -0.25) is 14.4 Å². The van der Waals surface area contributed by atoms with Crippen molar-refractivity contribution in [3.8, 4) is 0 Å². The Hall–Kier alpha value is -3.15. The van der Waals surface area contributed by atoms with Crippen molar-refractivity contribution in [1.82, 2.24) is 5.32 Å². The zero-order valence-electron chi connectivity index (χ0n) is 15.4. The van der Waals surface area contributed by atoms with Crippen LogP contribution in [0.5, 0.6) is 0 Å². The van der Waals surface area contributed by atoms with Crippen LogP contribution in [0.2, 0.25) is 0 Å². The van der Waals surface area contributed by atoms with Crippen molar-refractivity contribution in [3.63, 3.8) is 0 Å². The molecule has 0 aliphatic rings. The molecular weight excluding hydrogens is 344 g/mol. The van der Waals surface area contributed by atoms with Gasteiger partial charge in [-0.2, -0.15) is 0 Å². The van der Waals surface area contributed by atoms with Crippen molar-refractivity contribution in [3.05, 3.63) is 65.7 Å². The maximum Gasteiger partial charge on any atom is 0.305 e. The highest BCUT2D eigenvalue weighted by Gasteiger charge is 2.08. The van der Waals surface area contributed by atoms with Crippen LogP contribution in [0.25, 0.3) is 0 Å². The number of amides is 2. The lowest BCUT2D eigenvalue weighted by molar-refractivity contribution is -0.140. The van der Waals surface area contributed by atoms with Crippen molar-refractivity contribution in [1.29, 1.82) is 0 Å². The van der Waals surface area contributed by atoms with Crippen LogP contribution in [-0.4, -0.2) is 31.4 Å². The first-order valence-electron chi connectivity index (χ1n) is 8.91. The summed E-state index contributed by atoms with van der Waals surface area (Å²) in [7, 11) is 1.38. The van der Waals surface area contributed by atoms with Gasteiger partial charge in [-0.05, 0) is 49.2 Å². The molecule has 27 heavy (non-hydrogen) atoms. The van der Waals surface area contributed by atoms with E-state index < -0.39 is 0 Å². The van der Waals surface area contributed by atoms with Gasteiger partial charge in [0.25, 0.3) is 11.8 Å². The van der Waals surface area contributed by atoms with Gasteiger partial charge in [-0.1, -0.05) is 24.6 Å². The second-order valence-corrected chi connectivity index (χ2v) is 6.04. The summed E-state index contributed by atoms with van der Waals surface area (Å²) in [4.78, 5) is 35.2. The van der Waals surface area contributed by atoms with E-state index in [-0.39, 0.29) is 17.8 Å². The Morgan fingerprint density at radius 1 is 0.815 bits per heavy atom. The van der Waals surface area contributed by atoms with Crippen LogP contribution in [0.15, 0.2) is 54.6 Å². The van der Waals surface area contributed by atoms with Gasteiger partial charge >= 0.3 is 5.97 Å². The van der Waals surface area contributed by atoms with Gasteiger partial charge in [0.15, 0.2) is 0 Å². The fourth-order valence-electron chi connectivity index (χ4n) is 2.47. The number of methoxy groups -OCH3 is 1. The predicted octanol–water partition coefficient (Wildman–Crippen LogP) is 3.40. The van der Waals surface area contributed by atoms with Crippen LogP contribution in [-0.2, 0) is 9.53 Å². The molecule has 0 aliphatic heterocycles. The Bertz CT molecular complexity index is 758. The molecule has 6 nitrogen and oxygen atoms in total. The second-order valence-electron chi connectivity index (χ2n) is 6.04. The number of rotatable bonds is 9. The number of benzene rings is 2. The number of nitrogens with one attached hydrogen (secondary N) is 2. The molecule has 2 aromatic rings. The molecule has 0 saturated carbocycles. The number of hydrogen-bond acceptors (Lipinski definition) is 4. The molecule has 0 heterocycles. The summed E-state index contributed by atoms with van der Waals surface area (Å²) in [6.07, 6.45) is 2.80. The molecule has 0 aromatic heterocycles. The maximum atomic E-state index is 12.1. The molecule has 0 bridgehead atoms. The van der Waals surface area contributed by atoms with Crippen LogP contribution < -0.4 is 10.6 Å². The van der Waals surface area contributed by atoms with E-state index in [4.69, 9.17) is 0 Å². The second kappa shape index (κ2) is 10.8. The molecule has 142 valence electrons. The summed E-state index contributed by atoms with van der Waals surface area (Å²) in [5, 5.41) is 5.64. The van der Waals surface area contributed by atoms with Crippen LogP contribution in [0.3, 0.4) is 0 Å². The smallest absolute Gasteiger partial charge is 0.305 e. The van der Waals surface area contributed by atoms with Gasteiger partial charge in [0, 0.05) is 29.8 Å². The third kappa shape index (κ3) is 6.93. The van der Waals surface area contributed by atoms with Gasteiger partial charge in [-0.25, -0.2) is 0 Å². The minimum absolute atomic E-state index is 0.163. The molecule has 0 radical (unpaired) electrons. The van der Waals surface area contributed by atoms with Crippen molar-refractivity contribution in [2.45, 2.75) is 25.7 Å². The predicted molar refractivity (Wildman–Crippen MR) is 104 cm³/mol. The summed E-state index contributed by atoms with van der Waals surface area (Å²) in [6, 6.07) is 15.7. The van der Waals surface area contributed by atoms with Crippen LogP contribution in [0, 0.1) is 0 Å². The van der Waals surface area contributed by atoms with Crippen molar-refractivity contribution in [2.24, 2.45) is 0 Å². The van der Waals surface area contributed by atoms with Crippen LogP contribution in [0.1, 0.15) is 46.4 Å². The monoisotopic (exact) mass is 368 g/mol. The molecule has 0 saturated heterocycles. The third-order valence-corrected chi connectivity index (χ3v) is 4.01. The first-order chi connectivity index (χ1) is 13.1. The average Bonchev–Trinajstić information content (AvgIpc) is 2.71. The van der Waals surface area contributed by atoms with Crippen molar-refractivity contribution >= 4 is 23.5 Å². The Morgan fingerprint density at radius 2 is 1.48 bits per heavy atom. The van der Waals surface area contributed by atoms with Crippen LogP contribution >= 0.6 is 0 Å². The standard InChI is InChI=1S/C21H24N2O4/c1-27-19(24)10-6-3-7-15-22-20(25)17-11-13-18(14-12-17)23-21(26)16-8-4-2-5-9-16/h2,4-5,8-9,11-14H,3,6-7,10,15H2,1H3,(H,22,25)(H,23,26). The summed E-state index contributed by atoms with van der Waals surface area (Å²) < 4.78 is 4.58. The van der Waals surface area contributed by atoms with E-state index in [1.54, 1.807) is 48.5 Å². The Balaban J connectivity index is 1.73. The van der Waals surface area contributed by atoms with E-state index in [0.717, 1.165) is 19.3 Å². The molecule has 0 aliphatic carbocycles. The number of carbonyl (C=O) groups is 3. The van der Waals surface area contributed by atoms with E-state index in [9.17, 15) is 14.4 Å². The molecule has 6 heteroatoms. The quantitative estimate of drug-likeness (QED) is 0.525. The highest BCUT2D eigenvalue weighted by atomic mass is 16.5. The lowest BCUT2D eigenvalue weighted by Gasteiger charge is -2.08. The molecule has 0 atom stereocenters. The molecule has 0 unspecified atom stereocenters. The normalized spacial score (nSPS) is 10.1. The van der Waals surface area contributed by atoms with Crippen LogP contribution in [0.4, 0.5) is 5.69 Å². The Morgan fingerprint density at radius 3 is 2.15 bits per heavy atom. The largest absolute Gasteiger partial charge is 0.469 e. The molecule has 2 rings (SSSR count). The summed E-state index contributed by atoms with van der Waals surface area (Å²) in [5.74, 6) is -0.567. The average molecular weight is 368 g/mol. The van der Waals surface area contributed by atoms with Crippen molar-refractivity contribution < 1.29 is 19.1 Å². The fourth-order valence-corrected chi connectivity index (χ4v) is 2.47. The maximum absolute atomic E-state index is 12.1. The minimum atomic E-state index is -0.210. The lowest BCUT2D eigenvalue weighted by Crippen LogP contribution is -2.24. The topological polar surface area (TPSA) is 84.5 Å². The van der Waals surface area contributed by atoms with Gasteiger partial charge in [0.05, 0.1) is 7.11 Å². The molecular formula is C21H24N2O4. The number of ether oxygens (including phenoxy) is 1. The molecule has 0 fully saturated rings. The zero-order chi connectivity index (χ0) is 19.5. The highest BCUT2D eigenvalue weighted by Crippen LogP contribution is 2.11. The Kier molecular flexibility index (Phi) is 8.03. The first kappa shape index (κ1) is 20.2. The van der Waals surface area contributed by atoms with Gasteiger partial charge in [0.1, 0.15) is 0 Å². The third-order valence-electron chi connectivity index (χ3n) is 4.01. The molecule has 2 N–H and O–H groups in total. The molecule has 2 aromatic carbocycles. The van der Waals surface area contributed by atoms with E-state index in [1.807, 2.05) is 6.07 Å². The first-order valence-corrected chi connectivity index (χ1v) is 8.91. The SMILES string of the molecule is COC(=O)CCCCCNC(=O)c1ccc(NC(=O)c2ccccc2)cc1. The Labute approximate surface area is 158 Å². The number of hydrogen-bond donors (Lipinski definition) is 2. The van der Waals surface area contributed by atoms with Crippen molar-refractivity contribution in [2.75, 3.05) is 19.0 Å². The summed E-state index contributed by atoms with van der Waals surface area (Å²) in [6.45, 7) is 0.548. The fraction of sp³-hybridized carbons (Fsp3) is 0.286. The van der Waals surface area contributed by atoms with Gasteiger partial charge in [0.2, 0.25) is 0 Å². The minimum Gasteiger partial charge on any atom is -0.469 e.